The first-order valence-electron chi connectivity index (χ1n) is 11.1. The molecule has 1 aromatic heterocycles. The minimum atomic E-state index is -0.274. The van der Waals surface area contributed by atoms with E-state index in [0.717, 1.165) is 42.0 Å². The number of H-pyrrole nitrogens is 1. The minimum absolute atomic E-state index is 0.0409. The lowest BCUT2D eigenvalue weighted by molar-refractivity contribution is 0.187. The van der Waals surface area contributed by atoms with Gasteiger partial charge >= 0.3 is 6.03 Å². The number of amides is 2. The first kappa shape index (κ1) is 20.7. The molecule has 0 radical (unpaired) electrons. The first-order chi connectivity index (χ1) is 15.5. The Morgan fingerprint density at radius 1 is 1.16 bits per heavy atom. The first-order valence-corrected chi connectivity index (χ1v) is 11.1. The molecule has 2 aliphatic rings. The molecular formula is C25H28FN5O. The summed E-state index contributed by atoms with van der Waals surface area (Å²) in [5, 5.41) is 10.9. The second-order valence-corrected chi connectivity index (χ2v) is 8.95. The molecule has 2 N–H and O–H groups in total. The van der Waals surface area contributed by atoms with Gasteiger partial charge in [-0.15, -0.1) is 0 Å². The van der Waals surface area contributed by atoms with E-state index in [1.54, 1.807) is 12.1 Å². The summed E-state index contributed by atoms with van der Waals surface area (Å²) in [6, 6.07) is 14.8. The number of likely N-dealkylation sites (tertiary alicyclic amines) is 1. The second kappa shape index (κ2) is 8.39. The third kappa shape index (κ3) is 3.88. The van der Waals surface area contributed by atoms with Crippen LogP contribution >= 0.6 is 0 Å². The maximum Gasteiger partial charge on any atom is 0.317 e. The monoisotopic (exact) mass is 433 g/mol. The van der Waals surface area contributed by atoms with Crippen LogP contribution in [0.25, 0.3) is 11.3 Å². The van der Waals surface area contributed by atoms with Crippen LogP contribution in [0.4, 0.5) is 9.18 Å². The van der Waals surface area contributed by atoms with Gasteiger partial charge in [-0.25, -0.2) is 9.18 Å². The van der Waals surface area contributed by atoms with Crippen LogP contribution in [0, 0.1) is 12.7 Å². The summed E-state index contributed by atoms with van der Waals surface area (Å²) >= 11 is 0. The number of carbonyl (C=O) groups is 1. The molecule has 0 saturated carbocycles. The van der Waals surface area contributed by atoms with Crippen LogP contribution in [0.15, 0.2) is 48.5 Å². The third-order valence-electron chi connectivity index (χ3n) is 6.74. The molecular weight excluding hydrogens is 405 g/mol. The van der Waals surface area contributed by atoms with E-state index in [1.807, 2.05) is 4.90 Å². The minimum Gasteiger partial charge on any atom is -0.333 e. The standard InChI is InChI=1S/C25H28FN5O/c1-16-5-3-4-6-19(16)20-13-30(2)15-23(20)27-25(32)31-12-11-22-21(14-31)24(29-28-22)17-7-9-18(26)10-8-17/h3-10,20,23H,11-15H2,1-2H3,(H,27,32)(H,28,29). The maximum absolute atomic E-state index is 13.3. The summed E-state index contributed by atoms with van der Waals surface area (Å²) < 4.78 is 13.3. The molecule has 2 amide bonds. The molecule has 2 aliphatic heterocycles. The van der Waals surface area contributed by atoms with Gasteiger partial charge in [0.1, 0.15) is 5.82 Å². The average Bonchev–Trinajstić information content (AvgIpc) is 3.37. The number of nitrogens with one attached hydrogen (secondary N) is 2. The Kier molecular flexibility index (Phi) is 5.43. The number of halogens is 1. The van der Waals surface area contributed by atoms with Crippen LogP contribution in [0.3, 0.4) is 0 Å². The zero-order chi connectivity index (χ0) is 22.2. The fraction of sp³-hybridized carbons (Fsp3) is 0.360. The van der Waals surface area contributed by atoms with Crippen molar-refractivity contribution in [3.63, 3.8) is 0 Å². The second-order valence-electron chi connectivity index (χ2n) is 8.95. The number of nitrogens with zero attached hydrogens (tertiary/aromatic N) is 3. The Morgan fingerprint density at radius 3 is 2.72 bits per heavy atom. The third-order valence-corrected chi connectivity index (χ3v) is 6.74. The molecule has 3 heterocycles. The topological polar surface area (TPSA) is 64.3 Å². The van der Waals surface area contributed by atoms with Crippen molar-refractivity contribution in [3.05, 3.63) is 76.7 Å². The van der Waals surface area contributed by atoms with Gasteiger partial charge in [0.2, 0.25) is 0 Å². The highest BCUT2D eigenvalue weighted by Crippen LogP contribution is 2.31. The van der Waals surface area contributed by atoms with Crippen molar-refractivity contribution >= 4 is 6.03 Å². The molecule has 0 spiro atoms. The number of benzene rings is 2. The molecule has 1 fully saturated rings. The molecule has 7 heteroatoms. The van der Waals surface area contributed by atoms with Crippen LogP contribution in [-0.2, 0) is 13.0 Å². The van der Waals surface area contributed by atoms with Crippen LogP contribution in [0.2, 0.25) is 0 Å². The van der Waals surface area contributed by atoms with Gasteiger partial charge in [0.05, 0.1) is 18.3 Å². The van der Waals surface area contributed by atoms with E-state index >= 15 is 0 Å². The number of rotatable bonds is 3. The van der Waals surface area contributed by atoms with E-state index in [4.69, 9.17) is 0 Å². The van der Waals surface area contributed by atoms with Crippen molar-refractivity contribution in [2.24, 2.45) is 0 Å². The predicted molar refractivity (Wildman–Crippen MR) is 122 cm³/mol. The summed E-state index contributed by atoms with van der Waals surface area (Å²) in [6.45, 7) is 5.02. The van der Waals surface area contributed by atoms with Gasteiger partial charge in [0.25, 0.3) is 0 Å². The molecule has 32 heavy (non-hydrogen) atoms. The Morgan fingerprint density at radius 2 is 1.94 bits per heavy atom. The normalized spacial score (nSPS) is 20.9. The number of urea groups is 1. The molecule has 2 atom stereocenters. The number of aryl methyl sites for hydroxylation is 1. The van der Waals surface area contributed by atoms with E-state index < -0.39 is 0 Å². The van der Waals surface area contributed by atoms with Crippen molar-refractivity contribution in [2.75, 3.05) is 26.7 Å². The molecule has 5 rings (SSSR count). The fourth-order valence-electron chi connectivity index (χ4n) is 5.03. The van der Waals surface area contributed by atoms with E-state index in [9.17, 15) is 9.18 Å². The van der Waals surface area contributed by atoms with Crippen LogP contribution in [0.1, 0.15) is 28.3 Å². The summed E-state index contributed by atoms with van der Waals surface area (Å²) in [6.07, 6.45) is 0.725. The Labute approximate surface area is 187 Å². The zero-order valence-corrected chi connectivity index (χ0v) is 18.4. The Hall–Kier alpha value is -3.19. The van der Waals surface area contributed by atoms with E-state index in [-0.39, 0.29) is 23.8 Å². The smallest absolute Gasteiger partial charge is 0.317 e. The maximum atomic E-state index is 13.3. The van der Waals surface area contributed by atoms with Crippen molar-refractivity contribution in [3.8, 4) is 11.3 Å². The van der Waals surface area contributed by atoms with E-state index in [1.165, 1.54) is 23.3 Å². The molecule has 166 valence electrons. The Balaban J connectivity index is 1.33. The molecule has 1 saturated heterocycles. The number of hydrogen-bond donors (Lipinski definition) is 2. The lowest BCUT2D eigenvalue weighted by Gasteiger charge is -2.30. The van der Waals surface area contributed by atoms with E-state index in [2.05, 4.69) is 58.7 Å². The van der Waals surface area contributed by atoms with Gasteiger partial charge in [-0.3, -0.25) is 5.10 Å². The van der Waals surface area contributed by atoms with Crippen molar-refractivity contribution in [1.82, 2.24) is 25.3 Å². The lowest BCUT2D eigenvalue weighted by Crippen LogP contribution is -2.48. The van der Waals surface area contributed by atoms with Crippen molar-refractivity contribution < 1.29 is 9.18 Å². The molecule has 0 bridgehead atoms. The van der Waals surface area contributed by atoms with Gasteiger partial charge in [-0.2, -0.15) is 5.10 Å². The van der Waals surface area contributed by atoms with Crippen LogP contribution < -0.4 is 5.32 Å². The zero-order valence-electron chi connectivity index (χ0n) is 18.4. The number of carbonyl (C=O) groups excluding carboxylic acids is 1. The highest BCUT2D eigenvalue weighted by Gasteiger charge is 2.35. The number of likely N-dealkylation sites (N-methyl/N-ethyl adjacent to an activating group) is 1. The van der Waals surface area contributed by atoms with Gasteiger partial charge in [-0.1, -0.05) is 24.3 Å². The van der Waals surface area contributed by atoms with Crippen LogP contribution in [0.5, 0.6) is 0 Å². The number of hydrogen-bond acceptors (Lipinski definition) is 3. The SMILES string of the molecule is Cc1ccccc1C1CN(C)CC1NC(=O)N1CCc2[nH]nc(-c3ccc(F)cc3)c2C1. The van der Waals surface area contributed by atoms with Gasteiger partial charge in [-0.05, 0) is 49.4 Å². The number of aromatic amines is 1. The summed E-state index contributed by atoms with van der Waals surface area (Å²) in [5.41, 5.74) is 6.26. The van der Waals surface area contributed by atoms with E-state index in [0.29, 0.717) is 13.1 Å². The predicted octanol–water partition coefficient (Wildman–Crippen LogP) is 3.69. The molecule has 6 nitrogen and oxygen atoms in total. The highest BCUT2D eigenvalue weighted by molar-refractivity contribution is 5.76. The summed E-state index contributed by atoms with van der Waals surface area (Å²) in [5.74, 6) is -0.00176. The molecule has 0 aliphatic carbocycles. The van der Waals surface area contributed by atoms with Crippen LogP contribution in [-0.4, -0.2) is 58.8 Å². The number of aromatic nitrogens is 2. The Bertz CT molecular complexity index is 1130. The molecule has 2 unspecified atom stereocenters. The quantitative estimate of drug-likeness (QED) is 0.662. The average molecular weight is 434 g/mol. The number of fused-ring (bicyclic) bond motifs is 1. The molecule has 3 aromatic rings. The largest absolute Gasteiger partial charge is 0.333 e. The summed E-state index contributed by atoms with van der Waals surface area (Å²) in [7, 11) is 2.10. The van der Waals surface area contributed by atoms with Gasteiger partial charge in [0.15, 0.2) is 0 Å². The fourth-order valence-corrected chi connectivity index (χ4v) is 5.03. The van der Waals surface area contributed by atoms with Gasteiger partial charge in [0, 0.05) is 48.8 Å². The highest BCUT2D eigenvalue weighted by atomic mass is 19.1. The van der Waals surface area contributed by atoms with Gasteiger partial charge < -0.3 is 15.1 Å². The van der Waals surface area contributed by atoms with Crippen molar-refractivity contribution in [2.45, 2.75) is 31.8 Å². The molecule has 2 aromatic carbocycles. The van der Waals surface area contributed by atoms with Crippen molar-refractivity contribution in [1.29, 1.82) is 0 Å². The summed E-state index contributed by atoms with van der Waals surface area (Å²) in [4.78, 5) is 17.4. The lowest BCUT2D eigenvalue weighted by atomic mass is 9.91.